The molecule has 1 aliphatic heterocycles. The van der Waals surface area contributed by atoms with E-state index in [1.54, 1.807) is 20.3 Å². The van der Waals surface area contributed by atoms with E-state index in [0.29, 0.717) is 30.2 Å². The van der Waals surface area contributed by atoms with Crippen molar-refractivity contribution in [2.24, 2.45) is 5.92 Å². The molecule has 0 amide bonds. The van der Waals surface area contributed by atoms with E-state index in [4.69, 9.17) is 9.47 Å². The second kappa shape index (κ2) is 6.11. The van der Waals surface area contributed by atoms with Crippen LogP contribution in [0.25, 0.3) is 0 Å². The van der Waals surface area contributed by atoms with Gasteiger partial charge < -0.3 is 14.4 Å². The second-order valence-electron chi connectivity index (χ2n) is 7.37. The highest BCUT2D eigenvalue weighted by Crippen LogP contribution is 2.62. The molecule has 1 aromatic rings. The molecule has 3 saturated carbocycles. The average Bonchev–Trinajstić information content (AvgIpc) is 2.57. The molecule has 1 atom stereocenters. The highest BCUT2D eigenvalue weighted by Gasteiger charge is 2.61. The summed E-state index contributed by atoms with van der Waals surface area (Å²) in [5.41, 5.74) is 0.901. The number of hydrogen-bond donors (Lipinski definition) is 1. The minimum absolute atomic E-state index is 0.125. The van der Waals surface area contributed by atoms with E-state index >= 15 is 0 Å². The topological polar surface area (TPSA) is 67.9 Å². The number of fused-ring (bicyclic) bond motifs is 1. The van der Waals surface area contributed by atoms with Gasteiger partial charge >= 0.3 is 0 Å². The van der Waals surface area contributed by atoms with Gasteiger partial charge in [-0.25, -0.2) is 13.1 Å². The SMILES string of the molecule is COCC[C@@H]1CN(C23CC(C2)C3)c2cc(Br)c(OC)cc2S(=O)(=O)N1. The van der Waals surface area contributed by atoms with Crippen molar-refractivity contribution in [3.05, 3.63) is 16.6 Å². The van der Waals surface area contributed by atoms with Crippen LogP contribution in [0.3, 0.4) is 0 Å². The molecular formula is C17H23BrN2O4S. The van der Waals surface area contributed by atoms with Gasteiger partial charge in [-0.3, -0.25) is 0 Å². The Morgan fingerprint density at radius 3 is 2.60 bits per heavy atom. The first-order valence-electron chi connectivity index (χ1n) is 8.55. The Morgan fingerprint density at radius 1 is 1.32 bits per heavy atom. The highest BCUT2D eigenvalue weighted by atomic mass is 79.9. The smallest absolute Gasteiger partial charge is 0.243 e. The molecule has 2 bridgehead atoms. The number of methoxy groups -OCH3 is 2. The van der Waals surface area contributed by atoms with E-state index < -0.39 is 10.0 Å². The maximum Gasteiger partial charge on any atom is 0.243 e. The van der Waals surface area contributed by atoms with E-state index in [2.05, 4.69) is 25.6 Å². The lowest BCUT2D eigenvalue weighted by atomic mass is 9.49. The minimum Gasteiger partial charge on any atom is -0.496 e. The van der Waals surface area contributed by atoms with Gasteiger partial charge in [-0.2, -0.15) is 0 Å². The summed E-state index contributed by atoms with van der Waals surface area (Å²) in [5, 5.41) is 0. The zero-order valence-corrected chi connectivity index (χ0v) is 16.8. The van der Waals surface area contributed by atoms with Crippen molar-refractivity contribution >= 4 is 31.6 Å². The van der Waals surface area contributed by atoms with Gasteiger partial charge in [-0.1, -0.05) is 0 Å². The molecule has 3 fully saturated rings. The Labute approximate surface area is 157 Å². The van der Waals surface area contributed by atoms with E-state index in [1.807, 2.05) is 6.07 Å². The number of nitrogens with one attached hydrogen (secondary N) is 1. The Morgan fingerprint density at radius 2 is 2.04 bits per heavy atom. The van der Waals surface area contributed by atoms with Crippen molar-refractivity contribution in [3.63, 3.8) is 0 Å². The summed E-state index contributed by atoms with van der Waals surface area (Å²) < 4.78 is 40.1. The van der Waals surface area contributed by atoms with Gasteiger partial charge in [0.25, 0.3) is 0 Å². The predicted octanol–water partition coefficient (Wildman–Crippen LogP) is 2.51. The largest absolute Gasteiger partial charge is 0.496 e. The zero-order valence-electron chi connectivity index (χ0n) is 14.4. The molecule has 0 aromatic heterocycles. The summed E-state index contributed by atoms with van der Waals surface area (Å²) in [4.78, 5) is 2.63. The maximum atomic E-state index is 13.0. The van der Waals surface area contributed by atoms with Crippen molar-refractivity contribution in [1.82, 2.24) is 4.72 Å². The number of benzene rings is 1. The van der Waals surface area contributed by atoms with Gasteiger partial charge in [0.2, 0.25) is 10.0 Å². The molecule has 0 unspecified atom stereocenters. The maximum absolute atomic E-state index is 13.0. The summed E-state index contributed by atoms with van der Waals surface area (Å²) in [6.45, 7) is 1.20. The summed E-state index contributed by atoms with van der Waals surface area (Å²) in [6.07, 6.45) is 4.13. The van der Waals surface area contributed by atoms with Crippen LogP contribution < -0.4 is 14.4 Å². The highest BCUT2D eigenvalue weighted by molar-refractivity contribution is 9.10. The van der Waals surface area contributed by atoms with Crippen LogP contribution >= 0.6 is 15.9 Å². The van der Waals surface area contributed by atoms with E-state index in [9.17, 15) is 8.42 Å². The molecule has 0 saturated heterocycles. The third kappa shape index (κ3) is 2.78. The second-order valence-corrected chi connectivity index (χ2v) is 9.90. The molecule has 3 aliphatic carbocycles. The minimum atomic E-state index is -3.62. The number of ether oxygens (including phenoxy) is 2. The van der Waals surface area contributed by atoms with Crippen LogP contribution in [0.4, 0.5) is 5.69 Å². The van der Waals surface area contributed by atoms with E-state index in [-0.39, 0.29) is 11.6 Å². The molecule has 4 aliphatic rings. The number of anilines is 1. The molecule has 1 N–H and O–H groups in total. The van der Waals surface area contributed by atoms with Crippen molar-refractivity contribution in [3.8, 4) is 5.75 Å². The number of rotatable bonds is 5. The zero-order chi connectivity index (χ0) is 17.8. The number of sulfonamides is 1. The van der Waals surface area contributed by atoms with Crippen LogP contribution in [0, 0.1) is 5.92 Å². The standard InChI is InChI=1S/C17H23BrN2O4S/c1-23-4-3-12-10-20(17-7-11(8-17)9-17)14-5-13(18)15(24-2)6-16(14)25(21,22)19-12/h5-6,11-12,19H,3-4,7-10H2,1-2H3/t11?,12-,17?/m1/s1. The van der Waals surface area contributed by atoms with Crippen molar-refractivity contribution in [2.75, 3.05) is 32.3 Å². The van der Waals surface area contributed by atoms with E-state index in [1.165, 1.54) is 0 Å². The summed E-state index contributed by atoms with van der Waals surface area (Å²) in [6, 6.07) is 3.35. The molecule has 138 valence electrons. The van der Waals surface area contributed by atoms with Crippen molar-refractivity contribution < 1.29 is 17.9 Å². The first-order chi connectivity index (χ1) is 11.9. The Bertz CT molecular complexity index is 781. The van der Waals surface area contributed by atoms with E-state index in [0.717, 1.165) is 35.3 Å². The Kier molecular flexibility index (Phi) is 4.30. The number of halogens is 1. The van der Waals surface area contributed by atoms with Gasteiger partial charge in [0, 0.05) is 37.9 Å². The van der Waals surface area contributed by atoms with Crippen LogP contribution in [-0.4, -0.2) is 47.4 Å². The van der Waals surface area contributed by atoms with Crippen molar-refractivity contribution in [1.29, 1.82) is 0 Å². The summed E-state index contributed by atoms with van der Waals surface area (Å²) in [5.74, 6) is 1.34. The first-order valence-corrected chi connectivity index (χ1v) is 10.8. The lowest BCUT2D eigenvalue weighted by molar-refractivity contribution is -0.0262. The lowest BCUT2D eigenvalue weighted by Crippen LogP contribution is -2.69. The fourth-order valence-electron chi connectivity index (χ4n) is 4.37. The third-order valence-electron chi connectivity index (χ3n) is 5.79. The molecule has 0 spiro atoms. The molecule has 5 rings (SSSR count). The van der Waals surface area contributed by atoms with Gasteiger partial charge in [-0.15, -0.1) is 0 Å². The van der Waals surface area contributed by atoms with Crippen LogP contribution in [0.1, 0.15) is 25.7 Å². The summed E-state index contributed by atoms with van der Waals surface area (Å²) in [7, 11) is -0.431. The van der Waals surface area contributed by atoms with Gasteiger partial charge in [-0.05, 0) is 53.6 Å². The quantitative estimate of drug-likeness (QED) is 0.776. The fraction of sp³-hybridized carbons (Fsp3) is 0.647. The van der Waals surface area contributed by atoms with Crippen LogP contribution in [-0.2, 0) is 14.8 Å². The average molecular weight is 431 g/mol. The van der Waals surface area contributed by atoms with Gasteiger partial charge in [0.15, 0.2) is 0 Å². The predicted molar refractivity (Wildman–Crippen MR) is 98.7 cm³/mol. The molecule has 0 radical (unpaired) electrons. The molecule has 1 heterocycles. The van der Waals surface area contributed by atoms with Crippen LogP contribution in [0.5, 0.6) is 5.75 Å². The first kappa shape index (κ1) is 17.6. The molecule has 8 heteroatoms. The number of nitrogens with zero attached hydrogens (tertiary/aromatic N) is 1. The monoisotopic (exact) mass is 430 g/mol. The van der Waals surface area contributed by atoms with Gasteiger partial charge in [0.05, 0.1) is 17.3 Å². The van der Waals surface area contributed by atoms with Gasteiger partial charge in [0.1, 0.15) is 10.6 Å². The summed E-state index contributed by atoms with van der Waals surface area (Å²) >= 11 is 3.52. The lowest BCUT2D eigenvalue weighted by Gasteiger charge is -2.67. The molecule has 25 heavy (non-hydrogen) atoms. The number of hydrogen-bond acceptors (Lipinski definition) is 5. The third-order valence-corrected chi connectivity index (χ3v) is 7.96. The van der Waals surface area contributed by atoms with Crippen LogP contribution in [0.2, 0.25) is 0 Å². The molecule has 1 aromatic carbocycles. The molecule has 6 nitrogen and oxygen atoms in total. The fourth-order valence-corrected chi connectivity index (χ4v) is 6.33. The normalized spacial score (nSPS) is 32.2. The Hall–Kier alpha value is -0.830. The van der Waals surface area contributed by atoms with Crippen LogP contribution in [0.15, 0.2) is 21.5 Å². The molecular weight excluding hydrogens is 408 g/mol. The Balaban J connectivity index is 1.81. The van der Waals surface area contributed by atoms with Crippen molar-refractivity contribution in [2.45, 2.75) is 42.2 Å².